The topological polar surface area (TPSA) is 15.3 Å². The summed E-state index contributed by atoms with van der Waals surface area (Å²) in [6, 6.07) is 76.1. The summed E-state index contributed by atoms with van der Waals surface area (Å²) in [6.45, 7) is 0. The summed E-state index contributed by atoms with van der Waals surface area (Å²) in [5.74, 6) is 0. The van der Waals surface area contributed by atoms with Gasteiger partial charge >= 0.3 is 0 Å². The third-order valence-corrected chi connectivity index (χ3v) is 9.84. The minimum atomic E-state index is 1.06. The van der Waals surface area contributed by atoms with Crippen LogP contribution in [0.4, 0.5) is 28.4 Å². The predicted octanol–water partition coefficient (Wildman–Crippen LogP) is 14.2. The van der Waals surface area contributed by atoms with E-state index in [4.69, 9.17) is 0 Å². The Bertz CT molecular complexity index is 2620. The van der Waals surface area contributed by atoms with Crippen LogP contribution in [0.15, 0.2) is 212 Å². The lowest BCUT2D eigenvalue weighted by atomic mass is 9.91. The second-order valence-corrected chi connectivity index (χ2v) is 13.1. The van der Waals surface area contributed by atoms with Gasteiger partial charge in [0.05, 0.1) is 5.69 Å². The highest BCUT2D eigenvalue weighted by molar-refractivity contribution is 6.04. The van der Waals surface area contributed by atoms with E-state index in [1.165, 1.54) is 54.9 Å². The molecule has 0 unspecified atom stereocenters. The number of hydrogen-bond acceptors (Lipinski definition) is 2. The Hall–Kier alpha value is -6.90. The molecule has 0 aliphatic rings. The molecule has 0 saturated carbocycles. The Balaban J connectivity index is 1.17. The SMILES string of the molecule is c1ccc(Nc2ccc(-c3ccc(N(c4ccccc4)c4ccc(-c5cccc6ccccc56)cc4-c4cccc5ccccc45)cc3)cc2)cc1. The van der Waals surface area contributed by atoms with Crippen molar-refractivity contribution in [3.8, 4) is 33.4 Å². The van der Waals surface area contributed by atoms with Gasteiger partial charge in [0.2, 0.25) is 0 Å². The lowest BCUT2D eigenvalue weighted by Gasteiger charge is -2.29. The fourth-order valence-electron chi connectivity index (χ4n) is 7.29. The average Bonchev–Trinajstić information content (AvgIpc) is 3.22. The first-order valence-electron chi connectivity index (χ1n) is 17.8. The van der Waals surface area contributed by atoms with E-state index in [1.54, 1.807) is 0 Å². The minimum Gasteiger partial charge on any atom is -0.356 e. The molecular weight excluding hydrogens is 629 g/mol. The summed E-state index contributed by atoms with van der Waals surface area (Å²) < 4.78 is 0. The summed E-state index contributed by atoms with van der Waals surface area (Å²) in [4.78, 5) is 2.39. The van der Waals surface area contributed by atoms with Gasteiger partial charge in [-0.3, -0.25) is 0 Å². The van der Waals surface area contributed by atoms with Gasteiger partial charge in [-0.1, -0.05) is 152 Å². The third kappa shape index (κ3) is 6.08. The van der Waals surface area contributed by atoms with Gasteiger partial charge in [-0.15, -0.1) is 0 Å². The Morgan fingerprint density at radius 3 is 1.46 bits per heavy atom. The molecule has 2 nitrogen and oxygen atoms in total. The fraction of sp³-hybridized carbons (Fsp3) is 0. The molecule has 2 heteroatoms. The second-order valence-electron chi connectivity index (χ2n) is 13.1. The van der Waals surface area contributed by atoms with Crippen LogP contribution in [0, 0.1) is 0 Å². The van der Waals surface area contributed by atoms with Crippen molar-refractivity contribution in [2.24, 2.45) is 0 Å². The maximum atomic E-state index is 3.49. The largest absolute Gasteiger partial charge is 0.356 e. The number of para-hydroxylation sites is 2. The van der Waals surface area contributed by atoms with Gasteiger partial charge < -0.3 is 10.2 Å². The molecule has 1 N–H and O–H groups in total. The quantitative estimate of drug-likeness (QED) is 0.174. The zero-order chi connectivity index (χ0) is 34.7. The minimum absolute atomic E-state index is 1.06. The predicted molar refractivity (Wildman–Crippen MR) is 222 cm³/mol. The normalized spacial score (nSPS) is 11.1. The molecule has 9 rings (SSSR count). The molecule has 0 aliphatic heterocycles. The summed E-state index contributed by atoms with van der Waals surface area (Å²) in [7, 11) is 0. The van der Waals surface area contributed by atoms with Crippen LogP contribution in [0.1, 0.15) is 0 Å². The highest BCUT2D eigenvalue weighted by Gasteiger charge is 2.20. The number of fused-ring (bicyclic) bond motifs is 2. The van der Waals surface area contributed by atoms with Crippen molar-refractivity contribution in [2.45, 2.75) is 0 Å². The van der Waals surface area contributed by atoms with Gasteiger partial charge in [0.1, 0.15) is 0 Å². The third-order valence-electron chi connectivity index (χ3n) is 9.84. The Morgan fingerprint density at radius 2 is 0.788 bits per heavy atom. The molecule has 52 heavy (non-hydrogen) atoms. The van der Waals surface area contributed by atoms with Crippen LogP contribution in [0.25, 0.3) is 54.9 Å². The zero-order valence-corrected chi connectivity index (χ0v) is 28.7. The molecule has 0 heterocycles. The van der Waals surface area contributed by atoms with E-state index >= 15 is 0 Å². The molecule has 0 fully saturated rings. The van der Waals surface area contributed by atoms with E-state index in [-0.39, 0.29) is 0 Å². The van der Waals surface area contributed by atoms with Crippen molar-refractivity contribution < 1.29 is 0 Å². The maximum Gasteiger partial charge on any atom is 0.0540 e. The number of hydrogen-bond donors (Lipinski definition) is 1. The van der Waals surface area contributed by atoms with E-state index in [1.807, 2.05) is 18.2 Å². The molecule has 0 atom stereocenters. The van der Waals surface area contributed by atoms with Crippen LogP contribution in [-0.2, 0) is 0 Å². The van der Waals surface area contributed by atoms with Crippen LogP contribution in [0.3, 0.4) is 0 Å². The molecule has 0 amide bonds. The fourth-order valence-corrected chi connectivity index (χ4v) is 7.29. The molecule has 0 radical (unpaired) electrons. The molecule has 0 saturated heterocycles. The van der Waals surface area contributed by atoms with E-state index in [9.17, 15) is 0 Å². The first-order chi connectivity index (χ1) is 25.8. The number of anilines is 5. The van der Waals surface area contributed by atoms with Crippen LogP contribution in [-0.4, -0.2) is 0 Å². The van der Waals surface area contributed by atoms with Crippen molar-refractivity contribution in [3.05, 3.63) is 212 Å². The van der Waals surface area contributed by atoms with Crippen LogP contribution < -0.4 is 10.2 Å². The second kappa shape index (κ2) is 13.8. The zero-order valence-electron chi connectivity index (χ0n) is 28.7. The van der Waals surface area contributed by atoms with E-state index in [0.717, 1.165) is 28.4 Å². The summed E-state index contributed by atoms with van der Waals surface area (Å²) in [6.07, 6.45) is 0. The van der Waals surface area contributed by atoms with E-state index in [0.29, 0.717) is 0 Å². The maximum absolute atomic E-state index is 3.49. The molecule has 9 aromatic carbocycles. The summed E-state index contributed by atoms with van der Waals surface area (Å²) in [5, 5.41) is 8.44. The Labute approximate surface area is 304 Å². The van der Waals surface area contributed by atoms with Crippen molar-refractivity contribution in [1.82, 2.24) is 0 Å². The highest BCUT2D eigenvalue weighted by atomic mass is 15.1. The molecule has 0 aromatic heterocycles. The monoisotopic (exact) mass is 664 g/mol. The van der Waals surface area contributed by atoms with Gasteiger partial charge in [0.15, 0.2) is 0 Å². The molecule has 0 bridgehead atoms. The number of nitrogens with one attached hydrogen (secondary N) is 1. The van der Waals surface area contributed by atoms with Gasteiger partial charge in [0, 0.05) is 28.3 Å². The van der Waals surface area contributed by atoms with Crippen molar-refractivity contribution in [3.63, 3.8) is 0 Å². The van der Waals surface area contributed by atoms with Crippen LogP contribution in [0.2, 0.25) is 0 Å². The number of nitrogens with zero attached hydrogens (tertiary/aromatic N) is 1. The van der Waals surface area contributed by atoms with E-state index in [2.05, 4.69) is 204 Å². The van der Waals surface area contributed by atoms with Gasteiger partial charge in [0.25, 0.3) is 0 Å². The standard InChI is InChI=1S/C50H36N2/c1-3-17-41(18-4-1)51-42-30-25-36(26-31-42)37-27-32-44(33-28-37)52(43-19-5-2-6-20-43)50-34-29-40(47-23-11-15-38-13-7-9-21-45(38)47)35-49(50)48-24-12-16-39-14-8-10-22-46(39)48/h1-35,51H. The Kier molecular flexibility index (Phi) is 8.24. The van der Waals surface area contributed by atoms with Crippen molar-refractivity contribution in [2.75, 3.05) is 10.2 Å². The molecule has 9 aromatic rings. The first-order valence-corrected chi connectivity index (χ1v) is 17.8. The number of benzene rings is 9. The smallest absolute Gasteiger partial charge is 0.0540 e. The van der Waals surface area contributed by atoms with Gasteiger partial charge in [-0.2, -0.15) is 0 Å². The van der Waals surface area contributed by atoms with Gasteiger partial charge in [-0.05, 0) is 110 Å². The van der Waals surface area contributed by atoms with Crippen molar-refractivity contribution >= 4 is 50.0 Å². The highest BCUT2D eigenvalue weighted by Crippen LogP contribution is 2.45. The Morgan fingerprint density at radius 1 is 0.308 bits per heavy atom. The first kappa shape index (κ1) is 31.1. The summed E-state index contributed by atoms with van der Waals surface area (Å²) in [5.41, 5.74) is 12.6. The van der Waals surface area contributed by atoms with Gasteiger partial charge in [-0.25, -0.2) is 0 Å². The van der Waals surface area contributed by atoms with Crippen LogP contribution in [0.5, 0.6) is 0 Å². The van der Waals surface area contributed by atoms with E-state index < -0.39 is 0 Å². The lowest BCUT2D eigenvalue weighted by molar-refractivity contribution is 1.28. The average molecular weight is 665 g/mol. The molecule has 0 aliphatic carbocycles. The lowest BCUT2D eigenvalue weighted by Crippen LogP contribution is -2.11. The number of rotatable bonds is 8. The molecule has 0 spiro atoms. The molecular formula is C50H36N2. The molecule has 246 valence electrons. The van der Waals surface area contributed by atoms with Crippen LogP contribution >= 0.6 is 0 Å². The summed E-state index contributed by atoms with van der Waals surface area (Å²) >= 11 is 0. The van der Waals surface area contributed by atoms with Crippen molar-refractivity contribution in [1.29, 1.82) is 0 Å².